The number of ketones is 1. The lowest BCUT2D eigenvalue weighted by atomic mass is 10.0. The first-order chi connectivity index (χ1) is 13.7. The van der Waals surface area contributed by atoms with Crippen LogP contribution in [0.5, 0.6) is 0 Å². The molecule has 1 aliphatic heterocycles. The zero-order chi connectivity index (χ0) is 21.2. The van der Waals surface area contributed by atoms with Crippen molar-refractivity contribution in [2.24, 2.45) is 0 Å². The van der Waals surface area contributed by atoms with Gasteiger partial charge in [0.05, 0.1) is 10.5 Å². The molecular weight excluding hydrogens is 390 g/mol. The quantitative estimate of drug-likeness (QED) is 0.533. The predicted molar refractivity (Wildman–Crippen MR) is 110 cm³/mol. The third-order valence-corrected chi connectivity index (χ3v) is 7.15. The fourth-order valence-corrected chi connectivity index (χ4v) is 4.77. The number of carbonyl (C=O) groups is 2. The van der Waals surface area contributed by atoms with Gasteiger partial charge in [0.2, 0.25) is 15.8 Å². The van der Waals surface area contributed by atoms with Crippen LogP contribution < -0.4 is 0 Å². The fourth-order valence-electron chi connectivity index (χ4n) is 3.25. The molecule has 1 unspecified atom stereocenters. The minimum Gasteiger partial charge on any atom is -0.451 e. The number of sulfonamides is 1. The summed E-state index contributed by atoms with van der Waals surface area (Å²) < 4.78 is 31.9. The Hall–Kier alpha value is -2.51. The van der Waals surface area contributed by atoms with Gasteiger partial charge in [-0.15, -0.1) is 0 Å². The number of hydrogen-bond donors (Lipinski definition) is 0. The van der Waals surface area contributed by atoms with Crippen LogP contribution in [0.4, 0.5) is 0 Å². The van der Waals surface area contributed by atoms with E-state index in [1.54, 1.807) is 12.1 Å². The minimum absolute atomic E-state index is 0.148. The first-order valence-corrected chi connectivity index (χ1v) is 11.1. The molecule has 3 rings (SSSR count). The van der Waals surface area contributed by atoms with E-state index in [2.05, 4.69) is 0 Å². The SMILES string of the molecule is Cc1ccc(C(=O)C(C)OC(=O)c2ccc(S(=O)(=O)N3CCCC3)cc2)cc1C. The molecule has 0 aromatic heterocycles. The van der Waals surface area contributed by atoms with E-state index in [0.29, 0.717) is 18.7 Å². The van der Waals surface area contributed by atoms with Crippen LogP contribution in [0.25, 0.3) is 0 Å². The standard InChI is InChI=1S/C22H25NO5S/c1-15-6-7-19(14-16(15)2)21(24)17(3)28-22(25)18-8-10-20(11-9-18)29(26,27)23-12-4-5-13-23/h6-11,14,17H,4-5,12-13H2,1-3H3. The van der Waals surface area contributed by atoms with Crippen LogP contribution in [0, 0.1) is 13.8 Å². The monoisotopic (exact) mass is 415 g/mol. The summed E-state index contributed by atoms with van der Waals surface area (Å²) in [4.78, 5) is 25.1. The van der Waals surface area contributed by atoms with Gasteiger partial charge in [0.15, 0.2) is 6.10 Å². The lowest BCUT2D eigenvalue weighted by Gasteiger charge is -2.16. The normalized spacial score (nSPS) is 15.8. The number of Topliss-reactive ketones (excluding diaryl/α,β-unsaturated/α-hetero) is 1. The number of hydrogen-bond acceptors (Lipinski definition) is 5. The molecule has 1 heterocycles. The zero-order valence-electron chi connectivity index (χ0n) is 16.8. The summed E-state index contributed by atoms with van der Waals surface area (Å²) in [5.41, 5.74) is 2.75. The van der Waals surface area contributed by atoms with Gasteiger partial charge in [0, 0.05) is 18.7 Å². The highest BCUT2D eigenvalue weighted by Crippen LogP contribution is 2.21. The third kappa shape index (κ3) is 4.57. The predicted octanol–water partition coefficient (Wildman–Crippen LogP) is 3.52. The Bertz CT molecular complexity index is 1020. The van der Waals surface area contributed by atoms with Gasteiger partial charge < -0.3 is 4.74 Å². The number of ether oxygens (including phenoxy) is 1. The number of rotatable bonds is 6. The van der Waals surface area contributed by atoms with Crippen LogP contribution >= 0.6 is 0 Å². The van der Waals surface area contributed by atoms with E-state index < -0.39 is 22.1 Å². The Labute approximate surface area is 171 Å². The van der Waals surface area contributed by atoms with Crippen molar-refractivity contribution in [3.05, 3.63) is 64.7 Å². The molecule has 154 valence electrons. The molecule has 0 aliphatic carbocycles. The largest absolute Gasteiger partial charge is 0.451 e. The molecular formula is C22H25NO5S. The fraction of sp³-hybridized carbons (Fsp3) is 0.364. The summed E-state index contributed by atoms with van der Waals surface area (Å²) in [5, 5.41) is 0. The van der Waals surface area contributed by atoms with Crippen molar-refractivity contribution in [2.45, 2.75) is 44.6 Å². The molecule has 1 saturated heterocycles. The van der Waals surface area contributed by atoms with Crippen molar-refractivity contribution < 1.29 is 22.7 Å². The maximum absolute atomic E-state index is 12.6. The van der Waals surface area contributed by atoms with E-state index in [-0.39, 0.29) is 16.2 Å². The molecule has 0 N–H and O–H groups in total. The molecule has 0 spiro atoms. The van der Waals surface area contributed by atoms with Crippen LogP contribution in [0.1, 0.15) is 51.6 Å². The van der Waals surface area contributed by atoms with Crippen molar-refractivity contribution in [1.82, 2.24) is 4.31 Å². The van der Waals surface area contributed by atoms with Crippen molar-refractivity contribution in [1.29, 1.82) is 0 Å². The van der Waals surface area contributed by atoms with Crippen LogP contribution in [0.2, 0.25) is 0 Å². The van der Waals surface area contributed by atoms with Gasteiger partial charge in [-0.1, -0.05) is 12.1 Å². The van der Waals surface area contributed by atoms with Crippen molar-refractivity contribution >= 4 is 21.8 Å². The van der Waals surface area contributed by atoms with Crippen molar-refractivity contribution in [3.8, 4) is 0 Å². The van der Waals surface area contributed by atoms with E-state index in [1.165, 1.54) is 35.5 Å². The Balaban J connectivity index is 1.68. The Kier molecular flexibility index (Phi) is 6.19. The average molecular weight is 416 g/mol. The van der Waals surface area contributed by atoms with E-state index >= 15 is 0 Å². The highest BCUT2D eigenvalue weighted by atomic mass is 32.2. The summed E-state index contributed by atoms with van der Waals surface area (Å²) >= 11 is 0. The van der Waals surface area contributed by atoms with Gasteiger partial charge >= 0.3 is 5.97 Å². The second kappa shape index (κ2) is 8.47. The Morgan fingerprint density at radius 2 is 1.52 bits per heavy atom. The molecule has 2 aromatic carbocycles. The smallest absolute Gasteiger partial charge is 0.338 e. The van der Waals surface area contributed by atoms with Gasteiger partial charge in [-0.25, -0.2) is 13.2 Å². The van der Waals surface area contributed by atoms with Gasteiger partial charge in [-0.05, 0) is 75.1 Å². The van der Waals surface area contributed by atoms with Crippen molar-refractivity contribution in [3.63, 3.8) is 0 Å². The molecule has 1 atom stereocenters. The van der Waals surface area contributed by atoms with Crippen LogP contribution in [0.15, 0.2) is 47.4 Å². The molecule has 7 heteroatoms. The number of carbonyl (C=O) groups excluding carboxylic acids is 2. The molecule has 0 radical (unpaired) electrons. The van der Waals surface area contributed by atoms with Gasteiger partial charge in [-0.3, -0.25) is 4.79 Å². The highest BCUT2D eigenvalue weighted by Gasteiger charge is 2.27. The Morgan fingerprint density at radius 3 is 2.10 bits per heavy atom. The topological polar surface area (TPSA) is 80.8 Å². The van der Waals surface area contributed by atoms with Gasteiger partial charge in [-0.2, -0.15) is 4.31 Å². The molecule has 0 bridgehead atoms. The second-order valence-electron chi connectivity index (χ2n) is 7.35. The van der Waals surface area contributed by atoms with E-state index in [9.17, 15) is 18.0 Å². The Morgan fingerprint density at radius 1 is 0.931 bits per heavy atom. The van der Waals surface area contributed by atoms with Crippen LogP contribution in [-0.4, -0.2) is 43.7 Å². The summed E-state index contributed by atoms with van der Waals surface area (Å²) in [6.45, 7) is 6.44. The maximum atomic E-state index is 12.6. The lowest BCUT2D eigenvalue weighted by molar-refractivity contribution is 0.0318. The number of aryl methyl sites for hydroxylation is 2. The lowest BCUT2D eigenvalue weighted by Crippen LogP contribution is -2.28. The summed E-state index contributed by atoms with van der Waals surface area (Å²) in [7, 11) is -3.53. The van der Waals surface area contributed by atoms with E-state index in [0.717, 1.165) is 24.0 Å². The maximum Gasteiger partial charge on any atom is 0.338 e. The van der Waals surface area contributed by atoms with E-state index in [4.69, 9.17) is 4.74 Å². The zero-order valence-corrected chi connectivity index (χ0v) is 17.7. The first kappa shape index (κ1) is 21.2. The second-order valence-corrected chi connectivity index (χ2v) is 9.28. The van der Waals surface area contributed by atoms with Gasteiger partial charge in [0.1, 0.15) is 0 Å². The summed E-state index contributed by atoms with van der Waals surface area (Å²) in [6, 6.07) is 11.0. The summed E-state index contributed by atoms with van der Waals surface area (Å²) in [5.74, 6) is -0.950. The number of benzene rings is 2. The minimum atomic E-state index is -3.53. The first-order valence-electron chi connectivity index (χ1n) is 9.63. The van der Waals surface area contributed by atoms with Crippen LogP contribution in [-0.2, 0) is 14.8 Å². The highest BCUT2D eigenvalue weighted by molar-refractivity contribution is 7.89. The van der Waals surface area contributed by atoms with Gasteiger partial charge in [0.25, 0.3) is 0 Å². The molecule has 0 saturated carbocycles. The third-order valence-electron chi connectivity index (χ3n) is 5.24. The molecule has 29 heavy (non-hydrogen) atoms. The van der Waals surface area contributed by atoms with Crippen molar-refractivity contribution in [2.75, 3.05) is 13.1 Å². The summed E-state index contributed by atoms with van der Waals surface area (Å²) in [6.07, 6.45) is 0.768. The van der Waals surface area contributed by atoms with E-state index in [1.807, 2.05) is 19.9 Å². The number of esters is 1. The molecule has 6 nitrogen and oxygen atoms in total. The number of nitrogens with zero attached hydrogens (tertiary/aromatic N) is 1. The molecule has 0 amide bonds. The molecule has 1 fully saturated rings. The average Bonchev–Trinajstić information content (AvgIpc) is 3.25. The molecule has 1 aliphatic rings. The molecule has 2 aromatic rings. The van der Waals surface area contributed by atoms with Crippen LogP contribution in [0.3, 0.4) is 0 Å².